The first-order valence-electron chi connectivity index (χ1n) is 9.67. The normalized spacial score (nSPS) is 10.3. The minimum Gasteiger partial charge on any atom is -0.478 e. The molecule has 0 saturated carbocycles. The van der Waals surface area contributed by atoms with Gasteiger partial charge in [0, 0.05) is 11.6 Å². The summed E-state index contributed by atoms with van der Waals surface area (Å²) in [5, 5.41) is 12.2. The molecule has 0 aromatic heterocycles. The maximum Gasteiger partial charge on any atom is 0.337 e. The molecule has 0 bridgehead atoms. The minimum atomic E-state index is -1.14. The number of anilines is 1. The van der Waals surface area contributed by atoms with Gasteiger partial charge in [-0.15, -0.1) is 0 Å². The van der Waals surface area contributed by atoms with Crippen LogP contribution in [0.2, 0.25) is 0 Å². The molecule has 4 aromatic carbocycles. The Balaban J connectivity index is 1.61. The highest BCUT2D eigenvalue weighted by Crippen LogP contribution is 2.28. The van der Waals surface area contributed by atoms with E-state index in [0.717, 1.165) is 11.1 Å². The second-order valence-electron chi connectivity index (χ2n) is 6.83. The van der Waals surface area contributed by atoms with Gasteiger partial charge < -0.3 is 15.2 Å². The summed E-state index contributed by atoms with van der Waals surface area (Å²) in [6.45, 7) is 0. The lowest BCUT2D eigenvalue weighted by Crippen LogP contribution is -2.15. The quantitative estimate of drug-likeness (QED) is 0.404. The number of ether oxygens (including phenoxy) is 1. The van der Waals surface area contributed by atoms with E-state index < -0.39 is 11.9 Å². The van der Waals surface area contributed by atoms with Crippen LogP contribution in [0.4, 0.5) is 5.69 Å². The van der Waals surface area contributed by atoms with E-state index in [-0.39, 0.29) is 11.3 Å². The molecule has 0 aliphatic carbocycles. The van der Waals surface area contributed by atoms with Crippen molar-refractivity contribution < 1.29 is 19.4 Å². The van der Waals surface area contributed by atoms with Crippen LogP contribution >= 0.6 is 0 Å². The lowest BCUT2D eigenvalue weighted by atomic mass is 10.0. The van der Waals surface area contributed by atoms with Crippen LogP contribution in [0.25, 0.3) is 11.1 Å². The lowest BCUT2D eigenvalue weighted by molar-refractivity contribution is 0.0698. The molecule has 0 heterocycles. The monoisotopic (exact) mass is 409 g/mol. The first-order chi connectivity index (χ1) is 15.1. The Bertz CT molecular complexity index is 1220. The third kappa shape index (κ3) is 4.79. The number of hydrogen-bond donors (Lipinski definition) is 2. The zero-order chi connectivity index (χ0) is 21.6. The Labute approximate surface area is 179 Å². The van der Waals surface area contributed by atoms with Crippen LogP contribution in [0.5, 0.6) is 11.5 Å². The van der Waals surface area contributed by atoms with Crippen molar-refractivity contribution in [3.63, 3.8) is 0 Å². The van der Waals surface area contributed by atoms with Gasteiger partial charge in [-0.25, -0.2) is 4.79 Å². The van der Waals surface area contributed by atoms with Crippen LogP contribution in [0.3, 0.4) is 0 Å². The summed E-state index contributed by atoms with van der Waals surface area (Å²) in [5.74, 6) is -0.514. The average Bonchev–Trinajstić information content (AvgIpc) is 2.80. The number of carboxylic acid groups (broad SMARTS) is 1. The number of carboxylic acids is 1. The largest absolute Gasteiger partial charge is 0.478 e. The van der Waals surface area contributed by atoms with Crippen LogP contribution in [-0.4, -0.2) is 17.0 Å². The molecule has 5 nitrogen and oxygen atoms in total. The van der Waals surface area contributed by atoms with Crippen LogP contribution < -0.4 is 10.1 Å². The standard InChI is InChI=1S/C26H19NO4/c28-25(20-11-7-10-19(16-20)18-8-3-1-4-9-18)27-24-17-22(14-15-23(24)26(29)30)31-21-12-5-2-6-13-21/h1-17H,(H,27,28)(H,29,30). The highest BCUT2D eigenvalue weighted by atomic mass is 16.5. The second kappa shape index (κ2) is 8.97. The van der Waals surface area contributed by atoms with Crippen molar-refractivity contribution in [1.29, 1.82) is 0 Å². The summed E-state index contributed by atoms with van der Waals surface area (Å²) in [6, 6.07) is 30.5. The zero-order valence-electron chi connectivity index (χ0n) is 16.5. The molecule has 5 heteroatoms. The molecule has 31 heavy (non-hydrogen) atoms. The van der Waals surface area contributed by atoms with Gasteiger partial charge in [0.05, 0.1) is 11.3 Å². The topological polar surface area (TPSA) is 75.6 Å². The number of carbonyl (C=O) groups is 2. The average molecular weight is 409 g/mol. The van der Waals surface area contributed by atoms with E-state index in [2.05, 4.69) is 5.32 Å². The molecule has 1 amide bonds. The fourth-order valence-corrected chi connectivity index (χ4v) is 3.17. The first-order valence-corrected chi connectivity index (χ1v) is 9.67. The van der Waals surface area contributed by atoms with Crippen LogP contribution in [0, 0.1) is 0 Å². The summed E-state index contributed by atoms with van der Waals surface area (Å²) < 4.78 is 5.77. The fraction of sp³-hybridized carbons (Fsp3) is 0. The maximum absolute atomic E-state index is 12.9. The van der Waals surface area contributed by atoms with Crippen molar-refractivity contribution in [2.24, 2.45) is 0 Å². The van der Waals surface area contributed by atoms with Gasteiger partial charge >= 0.3 is 5.97 Å². The van der Waals surface area contributed by atoms with Gasteiger partial charge in [0.25, 0.3) is 5.91 Å². The number of rotatable bonds is 6. The first kappa shape index (κ1) is 19.9. The fourth-order valence-electron chi connectivity index (χ4n) is 3.17. The third-order valence-electron chi connectivity index (χ3n) is 4.68. The van der Waals surface area contributed by atoms with E-state index in [1.807, 2.05) is 54.6 Å². The summed E-state index contributed by atoms with van der Waals surface area (Å²) in [7, 11) is 0. The van der Waals surface area contributed by atoms with Gasteiger partial charge in [0.15, 0.2) is 0 Å². The maximum atomic E-state index is 12.9. The number of amides is 1. The highest BCUT2D eigenvalue weighted by molar-refractivity contribution is 6.08. The van der Waals surface area contributed by atoms with E-state index in [1.54, 1.807) is 36.4 Å². The molecule has 2 N–H and O–H groups in total. The van der Waals surface area contributed by atoms with Crippen molar-refractivity contribution in [2.75, 3.05) is 5.32 Å². The molecule has 4 rings (SSSR count). The number of aromatic carboxylic acids is 1. The molecule has 0 radical (unpaired) electrons. The molecular weight excluding hydrogens is 390 g/mol. The van der Waals surface area contributed by atoms with Gasteiger partial charge in [0.1, 0.15) is 11.5 Å². The Morgan fingerprint density at radius 2 is 1.35 bits per heavy atom. The summed E-state index contributed by atoms with van der Waals surface area (Å²) >= 11 is 0. The molecule has 0 aliphatic heterocycles. The molecular formula is C26H19NO4. The van der Waals surface area contributed by atoms with E-state index >= 15 is 0 Å². The summed E-state index contributed by atoms with van der Waals surface area (Å²) in [4.78, 5) is 24.6. The molecule has 4 aromatic rings. The molecule has 0 fully saturated rings. The zero-order valence-corrected chi connectivity index (χ0v) is 16.5. The van der Waals surface area contributed by atoms with Crippen molar-refractivity contribution >= 4 is 17.6 Å². The minimum absolute atomic E-state index is 0.0204. The molecule has 0 spiro atoms. The number of nitrogens with one attached hydrogen (secondary N) is 1. The highest BCUT2D eigenvalue weighted by Gasteiger charge is 2.16. The summed E-state index contributed by atoms with van der Waals surface area (Å²) in [5.41, 5.74) is 2.45. The molecule has 0 unspecified atom stereocenters. The van der Waals surface area contributed by atoms with Gasteiger partial charge in [-0.3, -0.25) is 4.79 Å². The SMILES string of the molecule is O=C(Nc1cc(Oc2ccccc2)ccc1C(=O)O)c1cccc(-c2ccccc2)c1. The van der Waals surface area contributed by atoms with Crippen molar-refractivity contribution in [2.45, 2.75) is 0 Å². The Morgan fingerprint density at radius 3 is 2.06 bits per heavy atom. The molecule has 0 atom stereocenters. The molecule has 0 aliphatic rings. The number of para-hydroxylation sites is 1. The molecule has 152 valence electrons. The number of carbonyl (C=O) groups excluding carboxylic acids is 1. The van der Waals surface area contributed by atoms with Gasteiger partial charge in [-0.1, -0.05) is 60.7 Å². The van der Waals surface area contributed by atoms with Crippen molar-refractivity contribution in [3.05, 3.63) is 114 Å². The van der Waals surface area contributed by atoms with Gasteiger partial charge in [-0.2, -0.15) is 0 Å². The molecule has 0 saturated heterocycles. The predicted molar refractivity (Wildman–Crippen MR) is 120 cm³/mol. The Kier molecular flexibility index (Phi) is 5.76. The van der Waals surface area contributed by atoms with E-state index in [9.17, 15) is 14.7 Å². The number of hydrogen-bond acceptors (Lipinski definition) is 3. The van der Waals surface area contributed by atoms with E-state index in [4.69, 9.17) is 4.74 Å². The van der Waals surface area contributed by atoms with Crippen molar-refractivity contribution in [1.82, 2.24) is 0 Å². The predicted octanol–water partition coefficient (Wildman–Crippen LogP) is 6.10. The summed E-state index contributed by atoms with van der Waals surface area (Å²) in [6.07, 6.45) is 0. The number of benzene rings is 4. The van der Waals surface area contributed by atoms with Gasteiger partial charge in [0.2, 0.25) is 0 Å². The van der Waals surface area contributed by atoms with E-state index in [1.165, 1.54) is 12.1 Å². The van der Waals surface area contributed by atoms with Crippen LogP contribution in [0.1, 0.15) is 20.7 Å². The Morgan fingerprint density at radius 1 is 0.677 bits per heavy atom. The van der Waals surface area contributed by atoms with Crippen molar-refractivity contribution in [3.8, 4) is 22.6 Å². The smallest absolute Gasteiger partial charge is 0.337 e. The lowest BCUT2D eigenvalue weighted by Gasteiger charge is -2.12. The van der Waals surface area contributed by atoms with Gasteiger partial charge in [-0.05, 0) is 47.5 Å². The third-order valence-corrected chi connectivity index (χ3v) is 4.68. The van der Waals surface area contributed by atoms with E-state index in [0.29, 0.717) is 17.1 Å². The van der Waals surface area contributed by atoms with Crippen LogP contribution in [0.15, 0.2) is 103 Å². The Hall–Kier alpha value is -4.38. The van der Waals surface area contributed by atoms with Crippen LogP contribution in [-0.2, 0) is 0 Å². The second-order valence-corrected chi connectivity index (χ2v) is 6.83.